The molecule has 1 aliphatic heterocycles. The van der Waals surface area contributed by atoms with Gasteiger partial charge in [0.1, 0.15) is 35.6 Å². The van der Waals surface area contributed by atoms with E-state index in [1.807, 2.05) is 49.4 Å². The van der Waals surface area contributed by atoms with Crippen LogP contribution in [0.25, 0.3) is 0 Å². The number of carbonyl (C=O) groups is 1. The van der Waals surface area contributed by atoms with Crippen LogP contribution in [0.5, 0.6) is 5.75 Å². The Balaban J connectivity index is 1.73. The molecule has 32 heavy (non-hydrogen) atoms. The Morgan fingerprint density at radius 3 is 2.38 bits per heavy atom. The average molecular weight is 462 g/mol. The number of benzene rings is 2. The van der Waals surface area contributed by atoms with E-state index in [0.717, 1.165) is 22.3 Å². The summed E-state index contributed by atoms with van der Waals surface area (Å²) in [5, 5.41) is 30.8. The van der Waals surface area contributed by atoms with Crippen molar-refractivity contribution in [2.24, 2.45) is 0 Å². The maximum absolute atomic E-state index is 11.7. The van der Waals surface area contributed by atoms with Crippen LogP contribution in [-0.4, -0.2) is 76.8 Å². The fourth-order valence-electron chi connectivity index (χ4n) is 3.57. The van der Waals surface area contributed by atoms with Crippen molar-refractivity contribution < 1.29 is 29.6 Å². The van der Waals surface area contributed by atoms with Gasteiger partial charge in [0.2, 0.25) is 0 Å². The van der Waals surface area contributed by atoms with Crippen LogP contribution in [0.2, 0.25) is 0 Å². The standard InChI is InChI=1S/C24H31NO6S/c1-14-5-8-16(23-21(28)20(27)22(29)24(31-23)32-4)12-17(14)11-15-6-9-18(10-7-15)30-13-19(26)25(2)3/h5-10,12,20-24,27-29H,11,13H2,1-4H3/t20-,21-,22+,23+,24-/m1/s1. The summed E-state index contributed by atoms with van der Waals surface area (Å²) in [7, 11) is 3.37. The van der Waals surface area contributed by atoms with Crippen molar-refractivity contribution in [1.29, 1.82) is 0 Å². The molecule has 8 heteroatoms. The third-order valence-corrected chi connectivity index (χ3v) is 6.54. The van der Waals surface area contributed by atoms with Crippen LogP contribution < -0.4 is 4.74 Å². The van der Waals surface area contributed by atoms with Gasteiger partial charge in [0.05, 0.1) is 0 Å². The molecule has 3 rings (SSSR count). The second-order valence-electron chi connectivity index (χ2n) is 8.22. The van der Waals surface area contributed by atoms with Gasteiger partial charge >= 0.3 is 0 Å². The van der Waals surface area contributed by atoms with Gasteiger partial charge in [0.15, 0.2) is 6.61 Å². The van der Waals surface area contributed by atoms with E-state index in [-0.39, 0.29) is 12.5 Å². The van der Waals surface area contributed by atoms with Crippen molar-refractivity contribution >= 4 is 17.7 Å². The summed E-state index contributed by atoms with van der Waals surface area (Å²) >= 11 is 1.30. The number of hydrogen-bond acceptors (Lipinski definition) is 7. The highest BCUT2D eigenvalue weighted by Crippen LogP contribution is 2.36. The summed E-state index contributed by atoms with van der Waals surface area (Å²) in [6, 6.07) is 13.4. The van der Waals surface area contributed by atoms with Crippen LogP contribution in [0.3, 0.4) is 0 Å². The van der Waals surface area contributed by atoms with Gasteiger partial charge in [-0.15, -0.1) is 11.8 Å². The average Bonchev–Trinajstić information content (AvgIpc) is 2.78. The number of nitrogens with zero attached hydrogens (tertiary/aromatic N) is 1. The van der Waals surface area contributed by atoms with Crippen molar-refractivity contribution in [3.05, 3.63) is 64.7 Å². The second kappa shape index (κ2) is 10.7. The number of aryl methyl sites for hydroxylation is 1. The highest BCUT2D eigenvalue weighted by atomic mass is 32.2. The quantitative estimate of drug-likeness (QED) is 0.579. The molecule has 3 N–H and O–H groups in total. The van der Waals surface area contributed by atoms with Crippen LogP contribution >= 0.6 is 11.8 Å². The molecule has 0 saturated carbocycles. The molecule has 0 spiro atoms. The fraction of sp³-hybridized carbons (Fsp3) is 0.458. The largest absolute Gasteiger partial charge is 0.484 e. The molecule has 1 amide bonds. The van der Waals surface area contributed by atoms with Crippen molar-refractivity contribution in [3.63, 3.8) is 0 Å². The molecule has 0 aliphatic carbocycles. The van der Waals surface area contributed by atoms with Crippen LogP contribution in [0.4, 0.5) is 0 Å². The molecule has 0 radical (unpaired) electrons. The number of likely N-dealkylation sites (N-methyl/N-ethyl adjacent to an activating group) is 1. The summed E-state index contributed by atoms with van der Waals surface area (Å²) in [6.07, 6.45) is -1.91. The molecule has 2 aromatic carbocycles. The molecular weight excluding hydrogens is 430 g/mol. The first-order valence-corrected chi connectivity index (χ1v) is 11.7. The van der Waals surface area contributed by atoms with E-state index >= 15 is 0 Å². The Kier molecular flexibility index (Phi) is 8.19. The highest BCUT2D eigenvalue weighted by molar-refractivity contribution is 7.99. The SMILES string of the molecule is CS[C@H]1O[C@@H](c2ccc(C)c(Cc3ccc(OCC(=O)N(C)C)cc3)c2)[C@H](O)[C@@H](O)[C@@H]1O. The summed E-state index contributed by atoms with van der Waals surface area (Å²) in [4.78, 5) is 13.2. The normalized spacial score (nSPS) is 25.4. The van der Waals surface area contributed by atoms with Crippen molar-refractivity contribution in [2.45, 2.75) is 43.2 Å². The second-order valence-corrected chi connectivity index (χ2v) is 9.15. The van der Waals surface area contributed by atoms with Gasteiger partial charge in [0, 0.05) is 14.1 Å². The molecule has 7 nitrogen and oxygen atoms in total. The van der Waals surface area contributed by atoms with Gasteiger partial charge in [-0.3, -0.25) is 4.79 Å². The lowest BCUT2D eigenvalue weighted by Gasteiger charge is -2.40. The van der Waals surface area contributed by atoms with E-state index < -0.39 is 29.9 Å². The molecule has 5 atom stereocenters. The van der Waals surface area contributed by atoms with Gasteiger partial charge in [-0.05, 0) is 54.0 Å². The smallest absolute Gasteiger partial charge is 0.259 e. The number of thioether (sulfide) groups is 1. The van der Waals surface area contributed by atoms with Crippen LogP contribution in [-0.2, 0) is 16.0 Å². The van der Waals surface area contributed by atoms with Crippen LogP contribution in [0.15, 0.2) is 42.5 Å². The predicted octanol–water partition coefficient (Wildman–Crippen LogP) is 1.90. The van der Waals surface area contributed by atoms with Gasteiger partial charge in [-0.2, -0.15) is 0 Å². The van der Waals surface area contributed by atoms with Gasteiger partial charge < -0.3 is 29.7 Å². The maximum atomic E-state index is 11.7. The minimum atomic E-state index is -1.28. The van der Waals surface area contributed by atoms with E-state index in [4.69, 9.17) is 9.47 Å². The maximum Gasteiger partial charge on any atom is 0.259 e. The first-order valence-electron chi connectivity index (χ1n) is 10.4. The Morgan fingerprint density at radius 1 is 1.06 bits per heavy atom. The Labute approximate surface area is 193 Å². The molecule has 1 saturated heterocycles. The van der Waals surface area contributed by atoms with E-state index in [1.54, 1.807) is 20.4 Å². The predicted molar refractivity (Wildman–Crippen MR) is 124 cm³/mol. The number of amides is 1. The topological polar surface area (TPSA) is 99.5 Å². The molecule has 0 aromatic heterocycles. The van der Waals surface area contributed by atoms with Gasteiger partial charge in [0.25, 0.3) is 5.91 Å². The molecule has 1 aliphatic rings. The zero-order chi connectivity index (χ0) is 23.4. The third kappa shape index (κ3) is 5.63. The van der Waals surface area contributed by atoms with Gasteiger partial charge in [-0.1, -0.05) is 30.3 Å². The zero-order valence-electron chi connectivity index (χ0n) is 18.8. The number of hydrogen-bond donors (Lipinski definition) is 3. The summed E-state index contributed by atoms with van der Waals surface area (Å²) < 4.78 is 11.4. The Bertz CT molecular complexity index is 917. The third-order valence-electron chi connectivity index (χ3n) is 5.68. The number of carbonyl (C=O) groups excluding carboxylic acids is 1. The fourth-order valence-corrected chi connectivity index (χ4v) is 4.25. The van der Waals surface area contributed by atoms with E-state index in [1.165, 1.54) is 16.7 Å². The lowest BCUT2D eigenvalue weighted by molar-refractivity contribution is -0.200. The lowest BCUT2D eigenvalue weighted by Crippen LogP contribution is -2.52. The van der Waals surface area contributed by atoms with Gasteiger partial charge in [-0.25, -0.2) is 0 Å². The molecule has 1 fully saturated rings. The molecular formula is C24H31NO6S. The van der Waals surface area contributed by atoms with Crippen molar-refractivity contribution in [2.75, 3.05) is 27.0 Å². The number of ether oxygens (including phenoxy) is 2. The molecule has 174 valence electrons. The van der Waals surface area contributed by atoms with Crippen LogP contribution in [0, 0.1) is 6.92 Å². The first kappa shape index (κ1) is 24.5. The summed E-state index contributed by atoms with van der Waals surface area (Å²) in [5.74, 6) is 0.527. The van der Waals surface area contributed by atoms with Crippen molar-refractivity contribution in [1.82, 2.24) is 4.90 Å². The molecule has 0 bridgehead atoms. The monoisotopic (exact) mass is 461 g/mol. The van der Waals surface area contributed by atoms with Crippen molar-refractivity contribution in [3.8, 4) is 5.75 Å². The Morgan fingerprint density at radius 2 is 1.75 bits per heavy atom. The number of aliphatic hydroxyl groups excluding tert-OH is 3. The number of aliphatic hydroxyl groups is 3. The zero-order valence-corrected chi connectivity index (χ0v) is 19.6. The Hall–Kier alpha value is -2.10. The lowest BCUT2D eigenvalue weighted by atomic mass is 9.91. The minimum Gasteiger partial charge on any atom is -0.484 e. The molecule has 0 unspecified atom stereocenters. The molecule has 1 heterocycles. The van der Waals surface area contributed by atoms with Crippen LogP contribution in [0.1, 0.15) is 28.4 Å². The van der Waals surface area contributed by atoms with E-state index in [9.17, 15) is 20.1 Å². The first-order chi connectivity index (χ1) is 15.2. The highest BCUT2D eigenvalue weighted by Gasteiger charge is 2.44. The summed E-state index contributed by atoms with van der Waals surface area (Å²) in [5.41, 5.74) is 3.37. The van der Waals surface area contributed by atoms with E-state index in [0.29, 0.717) is 12.2 Å². The summed E-state index contributed by atoms with van der Waals surface area (Å²) in [6.45, 7) is 2.01. The minimum absolute atomic E-state index is 0.00516. The number of rotatable bonds is 7. The van der Waals surface area contributed by atoms with E-state index in [2.05, 4.69) is 0 Å². The molecule has 2 aromatic rings.